The third kappa shape index (κ3) is 4.03. The minimum atomic E-state index is -0.587. The number of nitrogens with zero attached hydrogens (tertiary/aromatic N) is 4. The van der Waals surface area contributed by atoms with Crippen LogP contribution in [0.1, 0.15) is 21.5 Å². The largest absolute Gasteiger partial charge is 0.368 e. The number of para-hydroxylation sites is 1. The SMILES string of the molecule is C=C(c1ccc(-c2cccc3cccnc23)c(C)c1)N1CCN(C(=O)c2ccncc2F)CC1. The fourth-order valence-electron chi connectivity index (χ4n) is 4.55. The van der Waals surface area contributed by atoms with E-state index in [2.05, 4.69) is 70.8 Å². The molecule has 0 N–H and O–H groups in total. The number of rotatable bonds is 4. The Kier molecular flexibility index (Phi) is 5.80. The normalized spacial score (nSPS) is 13.8. The van der Waals surface area contributed by atoms with Crippen LogP contribution in [0.25, 0.3) is 27.7 Å². The zero-order valence-electron chi connectivity index (χ0n) is 19.0. The Morgan fingerprint density at radius 1 is 0.941 bits per heavy atom. The molecule has 5 nitrogen and oxygen atoms in total. The Bertz CT molecular complexity index is 1390. The second-order valence-electron chi connectivity index (χ2n) is 8.49. The van der Waals surface area contributed by atoms with Gasteiger partial charge in [-0.2, -0.15) is 0 Å². The molecule has 1 aliphatic heterocycles. The van der Waals surface area contributed by atoms with Crippen molar-refractivity contribution >= 4 is 22.5 Å². The maximum atomic E-state index is 14.0. The number of halogens is 1. The molecule has 1 saturated heterocycles. The summed E-state index contributed by atoms with van der Waals surface area (Å²) in [4.78, 5) is 24.9. The highest BCUT2D eigenvalue weighted by Crippen LogP contribution is 2.32. The van der Waals surface area contributed by atoms with Crippen molar-refractivity contribution in [3.63, 3.8) is 0 Å². The second kappa shape index (κ2) is 9.06. The van der Waals surface area contributed by atoms with Crippen molar-refractivity contribution < 1.29 is 9.18 Å². The molecule has 1 amide bonds. The van der Waals surface area contributed by atoms with Crippen molar-refractivity contribution in [1.29, 1.82) is 0 Å². The van der Waals surface area contributed by atoms with Crippen LogP contribution >= 0.6 is 0 Å². The molecular weight excluding hydrogens is 427 g/mol. The first-order valence-electron chi connectivity index (χ1n) is 11.3. The number of amides is 1. The molecule has 6 heteroatoms. The first-order valence-corrected chi connectivity index (χ1v) is 11.3. The van der Waals surface area contributed by atoms with E-state index < -0.39 is 5.82 Å². The lowest BCUT2D eigenvalue weighted by Crippen LogP contribution is -2.48. The molecule has 2 aromatic heterocycles. The summed E-state index contributed by atoms with van der Waals surface area (Å²) in [5.74, 6) is -0.884. The summed E-state index contributed by atoms with van der Waals surface area (Å²) >= 11 is 0. The topological polar surface area (TPSA) is 49.3 Å². The van der Waals surface area contributed by atoms with Crippen molar-refractivity contribution in [2.45, 2.75) is 6.92 Å². The van der Waals surface area contributed by atoms with Gasteiger partial charge < -0.3 is 9.80 Å². The number of hydrogen-bond donors (Lipinski definition) is 0. The molecular formula is C28H25FN4O. The molecule has 2 aromatic carbocycles. The van der Waals surface area contributed by atoms with Crippen LogP contribution in [-0.4, -0.2) is 51.9 Å². The van der Waals surface area contributed by atoms with Gasteiger partial charge in [0.15, 0.2) is 5.82 Å². The number of aryl methyl sites for hydroxylation is 1. The van der Waals surface area contributed by atoms with Gasteiger partial charge in [-0.15, -0.1) is 0 Å². The smallest absolute Gasteiger partial charge is 0.257 e. The summed E-state index contributed by atoms with van der Waals surface area (Å²) < 4.78 is 14.0. The van der Waals surface area contributed by atoms with E-state index in [4.69, 9.17) is 0 Å². The Morgan fingerprint density at radius 3 is 2.47 bits per heavy atom. The number of aromatic nitrogens is 2. The Morgan fingerprint density at radius 2 is 1.71 bits per heavy atom. The number of carbonyl (C=O) groups excluding carboxylic acids is 1. The van der Waals surface area contributed by atoms with Gasteiger partial charge in [0.25, 0.3) is 5.91 Å². The minimum absolute atomic E-state index is 0.0661. The van der Waals surface area contributed by atoms with E-state index in [0.29, 0.717) is 26.2 Å². The highest BCUT2D eigenvalue weighted by molar-refractivity contribution is 5.95. The fraction of sp³-hybridized carbons (Fsp3) is 0.179. The van der Waals surface area contributed by atoms with E-state index >= 15 is 0 Å². The maximum Gasteiger partial charge on any atom is 0.257 e. The fourth-order valence-corrected chi connectivity index (χ4v) is 4.55. The van der Waals surface area contributed by atoms with Crippen LogP contribution < -0.4 is 0 Å². The average Bonchev–Trinajstić information content (AvgIpc) is 2.88. The molecule has 0 aliphatic carbocycles. The summed E-state index contributed by atoms with van der Waals surface area (Å²) in [6, 6.07) is 18.1. The Hall–Kier alpha value is -4.06. The predicted molar refractivity (Wildman–Crippen MR) is 133 cm³/mol. The van der Waals surface area contributed by atoms with Gasteiger partial charge in [0.05, 0.1) is 17.3 Å². The van der Waals surface area contributed by atoms with Crippen LogP contribution in [0.5, 0.6) is 0 Å². The predicted octanol–water partition coefficient (Wildman–Crippen LogP) is 5.17. The van der Waals surface area contributed by atoms with Crippen molar-refractivity contribution in [3.8, 4) is 11.1 Å². The number of carbonyl (C=O) groups is 1. The van der Waals surface area contributed by atoms with E-state index in [1.165, 1.54) is 12.3 Å². The van der Waals surface area contributed by atoms with E-state index in [9.17, 15) is 9.18 Å². The van der Waals surface area contributed by atoms with E-state index in [1.54, 1.807) is 4.90 Å². The zero-order valence-corrected chi connectivity index (χ0v) is 19.0. The molecule has 0 radical (unpaired) electrons. The van der Waals surface area contributed by atoms with Gasteiger partial charge in [-0.1, -0.05) is 43.0 Å². The molecule has 170 valence electrons. The van der Waals surface area contributed by atoms with Gasteiger partial charge in [-0.3, -0.25) is 14.8 Å². The standard InChI is InChI=1S/C28H25FN4O/c1-19-17-22(8-9-23(19)24-7-3-5-21-6-4-11-31-27(21)24)20(2)32-13-15-33(16-14-32)28(34)25-10-12-30-18-26(25)29/h3-12,17-18H,2,13-16H2,1H3. The molecule has 34 heavy (non-hydrogen) atoms. The molecule has 0 spiro atoms. The molecule has 0 unspecified atom stereocenters. The zero-order chi connectivity index (χ0) is 23.7. The number of hydrogen-bond acceptors (Lipinski definition) is 4. The van der Waals surface area contributed by atoms with E-state index in [1.807, 2.05) is 12.3 Å². The van der Waals surface area contributed by atoms with E-state index in [0.717, 1.165) is 45.1 Å². The van der Waals surface area contributed by atoms with Crippen LogP contribution in [0.3, 0.4) is 0 Å². The minimum Gasteiger partial charge on any atom is -0.368 e. The second-order valence-corrected chi connectivity index (χ2v) is 8.49. The van der Waals surface area contributed by atoms with Crippen LogP contribution in [0.15, 0.2) is 79.8 Å². The molecule has 5 rings (SSSR count). The average molecular weight is 453 g/mol. The molecule has 4 aromatic rings. The van der Waals surface area contributed by atoms with Crippen LogP contribution in [0, 0.1) is 12.7 Å². The summed E-state index contributed by atoms with van der Waals surface area (Å²) in [5.41, 5.74) is 6.45. The van der Waals surface area contributed by atoms with Crippen molar-refractivity contribution in [1.82, 2.24) is 19.8 Å². The molecule has 1 fully saturated rings. The van der Waals surface area contributed by atoms with Crippen LogP contribution in [-0.2, 0) is 0 Å². The van der Waals surface area contributed by atoms with Gasteiger partial charge in [0.2, 0.25) is 0 Å². The Labute approximate surface area is 198 Å². The molecule has 0 bridgehead atoms. The van der Waals surface area contributed by atoms with E-state index in [-0.39, 0.29) is 11.5 Å². The first kappa shape index (κ1) is 21.8. The van der Waals surface area contributed by atoms with Crippen molar-refractivity contribution in [2.75, 3.05) is 26.2 Å². The lowest BCUT2D eigenvalue weighted by Gasteiger charge is -2.37. The molecule has 3 heterocycles. The summed E-state index contributed by atoms with van der Waals surface area (Å²) in [6.07, 6.45) is 4.34. The molecule has 0 atom stereocenters. The third-order valence-electron chi connectivity index (χ3n) is 6.43. The van der Waals surface area contributed by atoms with Crippen molar-refractivity contribution in [2.24, 2.45) is 0 Å². The number of fused-ring (bicyclic) bond motifs is 1. The van der Waals surface area contributed by atoms with Gasteiger partial charge in [-0.05, 0) is 41.8 Å². The summed E-state index contributed by atoms with van der Waals surface area (Å²) in [6.45, 7) is 8.74. The molecule has 1 aliphatic rings. The van der Waals surface area contributed by atoms with Crippen LogP contribution in [0.2, 0.25) is 0 Å². The monoisotopic (exact) mass is 452 g/mol. The summed E-state index contributed by atoms with van der Waals surface area (Å²) in [5, 5.41) is 1.12. The maximum absolute atomic E-state index is 14.0. The van der Waals surface area contributed by atoms with Crippen LogP contribution in [0.4, 0.5) is 4.39 Å². The highest BCUT2D eigenvalue weighted by Gasteiger charge is 2.25. The van der Waals surface area contributed by atoms with Crippen molar-refractivity contribution in [3.05, 3.63) is 102 Å². The molecule has 0 saturated carbocycles. The Balaban J connectivity index is 1.31. The van der Waals surface area contributed by atoms with Gasteiger partial charge >= 0.3 is 0 Å². The highest BCUT2D eigenvalue weighted by atomic mass is 19.1. The number of pyridine rings is 2. The first-order chi connectivity index (χ1) is 16.5. The summed E-state index contributed by atoms with van der Waals surface area (Å²) in [7, 11) is 0. The lowest BCUT2D eigenvalue weighted by molar-refractivity contribution is 0.0681. The van der Waals surface area contributed by atoms with Gasteiger partial charge in [-0.25, -0.2) is 4.39 Å². The quantitative estimate of drug-likeness (QED) is 0.429. The lowest BCUT2D eigenvalue weighted by atomic mass is 9.95. The number of piperazine rings is 1. The van der Waals surface area contributed by atoms with Gasteiger partial charge in [0.1, 0.15) is 0 Å². The third-order valence-corrected chi connectivity index (χ3v) is 6.43. The van der Waals surface area contributed by atoms with Gasteiger partial charge in [0, 0.05) is 55.2 Å². The number of benzene rings is 2.